The van der Waals surface area contributed by atoms with Crippen molar-refractivity contribution in [2.24, 2.45) is 0 Å². The summed E-state index contributed by atoms with van der Waals surface area (Å²) in [6.07, 6.45) is 10.5. The van der Waals surface area contributed by atoms with Crippen molar-refractivity contribution in [3.05, 3.63) is 184 Å². The molecule has 12 unspecified atom stereocenters. The van der Waals surface area contributed by atoms with Crippen LogP contribution in [-0.2, 0) is 0 Å². The highest BCUT2D eigenvalue weighted by Gasteiger charge is 2.50. The van der Waals surface area contributed by atoms with E-state index in [4.69, 9.17) is 0 Å². The summed E-state index contributed by atoms with van der Waals surface area (Å²) in [6, 6.07) is 24.0. The van der Waals surface area contributed by atoms with Crippen molar-refractivity contribution < 1.29 is 19.7 Å². The van der Waals surface area contributed by atoms with Crippen LogP contribution in [0.4, 0.5) is 22.7 Å². The summed E-state index contributed by atoms with van der Waals surface area (Å²) in [5.41, 5.74) is 2.09. The van der Waals surface area contributed by atoms with E-state index in [0.29, 0.717) is 47.9 Å². The summed E-state index contributed by atoms with van der Waals surface area (Å²) in [5.74, 6) is -1.85. The van der Waals surface area contributed by atoms with E-state index in [1.807, 2.05) is 24.3 Å². The Bertz CT molecular complexity index is 2080. The van der Waals surface area contributed by atoms with Crippen LogP contribution in [0.25, 0.3) is 0 Å². The van der Waals surface area contributed by atoms with Gasteiger partial charge in [0.2, 0.25) is 0 Å². The van der Waals surface area contributed by atoms with Gasteiger partial charge in [0, 0.05) is 119 Å². The molecule has 16 heteroatoms. The molecular formula is C44H44N8O8. The molecule has 0 amide bonds. The number of nitrogens with one attached hydrogen (secondary N) is 4. The normalized spacial score (nSPS) is 31.9. The molecule has 16 nitrogen and oxygen atoms in total. The zero-order valence-electron chi connectivity index (χ0n) is 32.4. The molecule has 5 aliphatic rings. The van der Waals surface area contributed by atoms with Crippen LogP contribution in [0.15, 0.2) is 121 Å². The standard InChI is InChI=1S/C44H44N8O8/c53-49(54)37-13-5-1-9-25(37)41-29-17-19-31(45-29)42(26-10-2-6-14-38(26)50(55)56)33-21-23-35(47-33)44(28-12-4-8-16-40(28)52(59)60)36-24-22-34(48-36)43(32-20-18-30(41)46-32)27-11-3-7-15-39(27)51(57)58/h1-17,19,22,24,29-36,41-48H,18,20-21,23H2. The van der Waals surface area contributed by atoms with Crippen molar-refractivity contribution >= 4 is 22.7 Å². The molecule has 3 saturated heterocycles. The third-order valence-corrected chi connectivity index (χ3v) is 13.5. The molecule has 4 aromatic carbocycles. The van der Waals surface area contributed by atoms with Gasteiger partial charge in [0.05, 0.1) is 19.7 Å². The fourth-order valence-electron chi connectivity index (χ4n) is 11.2. The highest BCUT2D eigenvalue weighted by atomic mass is 16.6. The predicted molar refractivity (Wildman–Crippen MR) is 223 cm³/mol. The number of nitro benzene ring substituents is 4. The van der Waals surface area contributed by atoms with E-state index in [1.165, 1.54) is 24.3 Å². The van der Waals surface area contributed by atoms with Crippen LogP contribution in [0, 0.1) is 40.5 Å². The Morgan fingerprint density at radius 3 is 0.783 bits per heavy atom. The van der Waals surface area contributed by atoms with Crippen LogP contribution in [0.5, 0.6) is 0 Å². The smallest absolute Gasteiger partial charge is 0.272 e. The molecule has 0 aromatic heterocycles. The quantitative estimate of drug-likeness (QED) is 0.0820. The van der Waals surface area contributed by atoms with Gasteiger partial charge in [0.25, 0.3) is 22.7 Å². The van der Waals surface area contributed by atoms with Crippen molar-refractivity contribution in [1.82, 2.24) is 21.3 Å². The second-order valence-electron chi connectivity index (χ2n) is 16.5. The lowest BCUT2D eigenvalue weighted by Crippen LogP contribution is -2.52. The fraction of sp³-hybridized carbons (Fsp3) is 0.364. The number of hydrogen-bond acceptors (Lipinski definition) is 12. The van der Waals surface area contributed by atoms with Crippen molar-refractivity contribution in [3.63, 3.8) is 0 Å². The molecule has 3 fully saturated rings. The SMILES string of the molecule is O=[N+]([O-])c1ccccc1C1C2C=CC(N2)C(c2ccccc2[N+](=O)[O-])C2CCC(N2)C(c2ccccc2[N+](=O)[O-])C2C=CC(N2)C(c2ccccc2[N+](=O)[O-])C2CCC1N2. The first-order valence-corrected chi connectivity index (χ1v) is 20.4. The lowest BCUT2D eigenvalue weighted by atomic mass is 9.82. The molecule has 0 radical (unpaired) electrons. The van der Waals surface area contributed by atoms with Gasteiger partial charge in [-0.15, -0.1) is 0 Å². The van der Waals surface area contributed by atoms with E-state index in [1.54, 1.807) is 72.8 Å². The number of hydrogen-bond donors (Lipinski definition) is 4. The maximum Gasteiger partial charge on any atom is 0.272 e. The lowest BCUT2D eigenvalue weighted by Gasteiger charge is -2.37. The number of rotatable bonds is 8. The maximum atomic E-state index is 12.6. The molecule has 4 N–H and O–H groups in total. The van der Waals surface area contributed by atoms with Gasteiger partial charge >= 0.3 is 0 Å². The van der Waals surface area contributed by atoms with Gasteiger partial charge in [-0.1, -0.05) is 97.1 Å². The Kier molecular flexibility index (Phi) is 10.5. The number of nitrogens with zero attached hydrogens (tertiary/aromatic N) is 4. The monoisotopic (exact) mass is 812 g/mol. The number of benzene rings is 4. The van der Waals surface area contributed by atoms with Crippen molar-refractivity contribution in [2.45, 2.75) is 97.7 Å². The van der Waals surface area contributed by atoms with Crippen LogP contribution in [-0.4, -0.2) is 68.0 Å². The average molecular weight is 813 g/mol. The van der Waals surface area contributed by atoms with E-state index < -0.39 is 47.8 Å². The summed E-state index contributed by atoms with van der Waals surface area (Å²) < 4.78 is 0. The molecule has 60 heavy (non-hydrogen) atoms. The lowest BCUT2D eigenvalue weighted by molar-refractivity contribution is -0.386. The first-order valence-electron chi connectivity index (χ1n) is 20.4. The van der Waals surface area contributed by atoms with E-state index >= 15 is 0 Å². The molecule has 5 aliphatic heterocycles. The van der Waals surface area contributed by atoms with Crippen molar-refractivity contribution in [2.75, 3.05) is 0 Å². The zero-order chi connectivity index (χ0) is 41.7. The first kappa shape index (κ1) is 39.3. The maximum absolute atomic E-state index is 12.6. The minimum Gasteiger partial charge on any atom is -0.310 e. The first-order chi connectivity index (χ1) is 29.1. The largest absolute Gasteiger partial charge is 0.310 e. The Balaban J connectivity index is 1.21. The Morgan fingerprint density at radius 1 is 0.350 bits per heavy atom. The van der Waals surface area contributed by atoms with Crippen molar-refractivity contribution in [1.29, 1.82) is 0 Å². The van der Waals surface area contributed by atoms with E-state index in [9.17, 15) is 40.5 Å². The van der Waals surface area contributed by atoms with Crippen LogP contribution in [0.2, 0.25) is 0 Å². The van der Waals surface area contributed by atoms with E-state index in [-0.39, 0.29) is 66.6 Å². The average Bonchev–Trinajstić information content (AvgIpc) is 4.09. The second kappa shape index (κ2) is 16.1. The highest BCUT2D eigenvalue weighted by Crippen LogP contribution is 2.47. The molecule has 9 rings (SSSR count). The molecule has 0 aliphatic carbocycles. The van der Waals surface area contributed by atoms with Gasteiger partial charge in [0.1, 0.15) is 0 Å². The third kappa shape index (κ3) is 7.04. The molecule has 0 saturated carbocycles. The molecule has 12 atom stereocenters. The van der Waals surface area contributed by atoms with Crippen molar-refractivity contribution in [3.8, 4) is 0 Å². The molecule has 0 spiro atoms. The summed E-state index contributed by atoms with van der Waals surface area (Å²) in [5, 5.41) is 65.7. The fourth-order valence-corrected chi connectivity index (χ4v) is 11.2. The summed E-state index contributed by atoms with van der Waals surface area (Å²) in [4.78, 5) is 48.9. The molecule has 8 bridgehead atoms. The van der Waals surface area contributed by atoms with E-state index in [2.05, 4.69) is 21.3 Å². The zero-order valence-corrected chi connectivity index (χ0v) is 32.4. The molecule has 308 valence electrons. The number of nitro groups is 4. The predicted octanol–water partition coefficient (Wildman–Crippen LogP) is 6.80. The van der Waals surface area contributed by atoms with Crippen LogP contribution in [0.1, 0.15) is 71.6 Å². The molecular weight excluding hydrogens is 769 g/mol. The summed E-state index contributed by atoms with van der Waals surface area (Å²) >= 11 is 0. The van der Waals surface area contributed by atoms with Crippen LogP contribution < -0.4 is 21.3 Å². The third-order valence-electron chi connectivity index (χ3n) is 13.5. The van der Waals surface area contributed by atoms with E-state index in [0.717, 1.165) is 0 Å². The molecule has 5 heterocycles. The van der Waals surface area contributed by atoms with Crippen LogP contribution >= 0.6 is 0 Å². The Morgan fingerprint density at radius 2 is 0.567 bits per heavy atom. The van der Waals surface area contributed by atoms with Gasteiger partial charge in [-0.05, 0) is 25.7 Å². The summed E-state index contributed by atoms with van der Waals surface area (Å²) in [6.45, 7) is 0. The van der Waals surface area contributed by atoms with Gasteiger partial charge in [0.15, 0.2) is 0 Å². The van der Waals surface area contributed by atoms with Gasteiger partial charge in [-0.25, -0.2) is 0 Å². The topological polar surface area (TPSA) is 221 Å². The van der Waals surface area contributed by atoms with Gasteiger partial charge in [-0.3, -0.25) is 40.5 Å². The summed E-state index contributed by atoms with van der Waals surface area (Å²) in [7, 11) is 0. The number of para-hydroxylation sites is 4. The minimum atomic E-state index is -0.462. The molecule has 4 aromatic rings. The second-order valence-corrected chi connectivity index (χ2v) is 16.5. The van der Waals surface area contributed by atoms with Crippen LogP contribution in [0.3, 0.4) is 0 Å². The number of fused-ring (bicyclic) bond motifs is 8. The minimum absolute atomic E-state index is 0.0177. The Labute approximate surface area is 344 Å². The van der Waals surface area contributed by atoms with Gasteiger partial charge in [-0.2, -0.15) is 0 Å². The highest BCUT2D eigenvalue weighted by molar-refractivity contribution is 5.51. The van der Waals surface area contributed by atoms with Gasteiger partial charge < -0.3 is 21.3 Å². The Hall–Kier alpha value is -6.20.